The number of hydrogen-bond donors (Lipinski definition) is 0. The lowest BCUT2D eigenvalue weighted by Crippen LogP contribution is -2.04. The topological polar surface area (TPSA) is 48.2 Å². The van der Waals surface area contributed by atoms with Gasteiger partial charge in [-0.3, -0.25) is 0 Å². The first-order chi connectivity index (χ1) is 5.84. The van der Waals surface area contributed by atoms with E-state index >= 15 is 0 Å². The van der Waals surface area contributed by atoms with Crippen molar-refractivity contribution in [3.8, 4) is 0 Å². The predicted molar refractivity (Wildman–Crippen MR) is 44.6 cm³/mol. The maximum atomic E-state index is 5.24. The second-order valence-corrected chi connectivity index (χ2v) is 3.58. The second kappa shape index (κ2) is 3.53. The molecule has 1 fully saturated rings. The average molecular weight is 233 g/mol. The van der Waals surface area contributed by atoms with Crippen LogP contribution in [0.1, 0.15) is 12.2 Å². The zero-order valence-electron chi connectivity index (χ0n) is 6.49. The van der Waals surface area contributed by atoms with E-state index in [2.05, 4.69) is 26.1 Å². The van der Waals surface area contributed by atoms with Gasteiger partial charge in [0, 0.05) is 35.6 Å². The van der Waals surface area contributed by atoms with Crippen LogP contribution in [-0.2, 0) is 11.2 Å². The lowest BCUT2D eigenvalue weighted by molar-refractivity contribution is 0.185. The van der Waals surface area contributed by atoms with E-state index in [0.29, 0.717) is 10.7 Å². The van der Waals surface area contributed by atoms with E-state index in [1.807, 2.05) is 0 Å². The number of hydrogen-bond acceptors (Lipinski definition) is 4. The first-order valence-electron chi connectivity index (χ1n) is 3.90. The van der Waals surface area contributed by atoms with Gasteiger partial charge in [0.25, 0.3) is 4.80 Å². The van der Waals surface area contributed by atoms with Crippen molar-refractivity contribution in [1.82, 2.24) is 10.1 Å². The predicted octanol–water partition coefficient (Wildman–Crippen LogP) is 1.41. The zero-order chi connectivity index (χ0) is 8.39. The number of nitrogens with zero attached hydrogens (tertiary/aromatic N) is 2. The smallest absolute Gasteiger partial charge is 0.293 e. The molecule has 1 saturated heterocycles. The fourth-order valence-corrected chi connectivity index (χ4v) is 1.60. The highest BCUT2D eigenvalue weighted by Crippen LogP contribution is 2.17. The SMILES string of the molecule is Brc1nc(CC2CCOC2)no1. The maximum Gasteiger partial charge on any atom is 0.293 e. The molecule has 12 heavy (non-hydrogen) atoms. The number of rotatable bonds is 2. The zero-order valence-corrected chi connectivity index (χ0v) is 8.08. The van der Waals surface area contributed by atoms with Crippen LogP contribution in [0.3, 0.4) is 0 Å². The van der Waals surface area contributed by atoms with Crippen LogP contribution in [0.25, 0.3) is 0 Å². The van der Waals surface area contributed by atoms with E-state index in [-0.39, 0.29) is 0 Å². The lowest BCUT2D eigenvalue weighted by atomic mass is 10.1. The van der Waals surface area contributed by atoms with E-state index in [0.717, 1.165) is 31.9 Å². The van der Waals surface area contributed by atoms with Gasteiger partial charge in [-0.1, -0.05) is 5.16 Å². The summed E-state index contributed by atoms with van der Waals surface area (Å²) < 4.78 is 10.0. The van der Waals surface area contributed by atoms with Crippen LogP contribution in [0.5, 0.6) is 0 Å². The molecule has 0 bridgehead atoms. The van der Waals surface area contributed by atoms with E-state index in [9.17, 15) is 0 Å². The summed E-state index contributed by atoms with van der Waals surface area (Å²) in [5.41, 5.74) is 0. The van der Waals surface area contributed by atoms with E-state index in [1.165, 1.54) is 0 Å². The summed E-state index contributed by atoms with van der Waals surface area (Å²) in [5.74, 6) is 1.33. The Kier molecular flexibility index (Phi) is 2.41. The first-order valence-corrected chi connectivity index (χ1v) is 4.70. The number of ether oxygens (including phenoxy) is 1. The molecule has 66 valence electrons. The molecule has 2 heterocycles. The lowest BCUT2D eigenvalue weighted by Gasteiger charge is -2.00. The van der Waals surface area contributed by atoms with Crippen LogP contribution >= 0.6 is 15.9 Å². The Bertz CT molecular complexity index is 258. The van der Waals surface area contributed by atoms with Crippen LogP contribution in [0.2, 0.25) is 0 Å². The van der Waals surface area contributed by atoms with Crippen molar-refractivity contribution in [2.45, 2.75) is 12.8 Å². The summed E-state index contributed by atoms with van der Waals surface area (Å²) in [7, 11) is 0. The first kappa shape index (κ1) is 8.19. The number of aromatic nitrogens is 2. The summed E-state index contributed by atoms with van der Waals surface area (Å²) in [6.45, 7) is 1.69. The van der Waals surface area contributed by atoms with E-state index in [1.54, 1.807) is 0 Å². The molecule has 1 aromatic rings. The fourth-order valence-electron chi connectivity index (χ4n) is 1.32. The van der Waals surface area contributed by atoms with Gasteiger partial charge in [-0.05, 0) is 12.3 Å². The third-order valence-electron chi connectivity index (χ3n) is 1.94. The fraction of sp³-hybridized carbons (Fsp3) is 0.714. The molecule has 1 atom stereocenters. The molecule has 0 N–H and O–H groups in total. The minimum Gasteiger partial charge on any atom is -0.381 e. The normalized spacial score (nSPS) is 23.2. The largest absolute Gasteiger partial charge is 0.381 e. The van der Waals surface area contributed by atoms with Gasteiger partial charge in [0.15, 0.2) is 5.82 Å². The van der Waals surface area contributed by atoms with Crippen molar-refractivity contribution >= 4 is 15.9 Å². The maximum absolute atomic E-state index is 5.24. The highest BCUT2D eigenvalue weighted by Gasteiger charge is 2.18. The molecule has 1 aliphatic heterocycles. The Morgan fingerprint density at radius 1 is 1.58 bits per heavy atom. The molecule has 1 aromatic heterocycles. The Hall–Kier alpha value is -0.420. The molecule has 0 amide bonds. The summed E-state index contributed by atoms with van der Waals surface area (Å²) in [6, 6.07) is 0. The Balaban J connectivity index is 1.94. The molecular formula is C7H9BrN2O2. The number of halogens is 1. The molecule has 0 aliphatic carbocycles. The van der Waals surface area contributed by atoms with Crippen LogP contribution < -0.4 is 0 Å². The van der Waals surface area contributed by atoms with Crippen molar-refractivity contribution in [1.29, 1.82) is 0 Å². The highest BCUT2D eigenvalue weighted by molar-refractivity contribution is 9.10. The Labute approximate surface area is 78.4 Å². The standard InChI is InChI=1S/C7H9BrN2O2/c8-7-9-6(10-12-7)3-5-1-2-11-4-5/h5H,1-4H2. The van der Waals surface area contributed by atoms with Crippen molar-refractivity contribution < 1.29 is 9.26 Å². The molecule has 5 heteroatoms. The summed E-state index contributed by atoms with van der Waals surface area (Å²) in [4.78, 5) is 4.51. The van der Waals surface area contributed by atoms with E-state index in [4.69, 9.17) is 9.26 Å². The molecule has 0 aromatic carbocycles. The van der Waals surface area contributed by atoms with Gasteiger partial charge in [0.1, 0.15) is 0 Å². The van der Waals surface area contributed by atoms with E-state index < -0.39 is 0 Å². The average Bonchev–Trinajstić information content (AvgIpc) is 2.63. The molecule has 4 nitrogen and oxygen atoms in total. The van der Waals surface area contributed by atoms with Gasteiger partial charge in [-0.25, -0.2) is 0 Å². The van der Waals surface area contributed by atoms with Crippen LogP contribution in [-0.4, -0.2) is 23.4 Å². The third-order valence-corrected chi connectivity index (χ3v) is 2.26. The highest BCUT2D eigenvalue weighted by atomic mass is 79.9. The Morgan fingerprint density at radius 2 is 2.50 bits per heavy atom. The molecule has 1 aliphatic rings. The molecule has 2 rings (SSSR count). The van der Waals surface area contributed by atoms with Gasteiger partial charge in [0.05, 0.1) is 0 Å². The van der Waals surface area contributed by atoms with Crippen LogP contribution in [0, 0.1) is 5.92 Å². The molecule has 0 saturated carbocycles. The molecule has 1 unspecified atom stereocenters. The van der Waals surface area contributed by atoms with Gasteiger partial charge >= 0.3 is 0 Å². The molecule has 0 spiro atoms. The minimum absolute atomic E-state index is 0.455. The Morgan fingerprint density at radius 3 is 3.08 bits per heavy atom. The quantitative estimate of drug-likeness (QED) is 0.774. The van der Waals surface area contributed by atoms with Gasteiger partial charge in [0.2, 0.25) is 0 Å². The minimum atomic E-state index is 0.455. The van der Waals surface area contributed by atoms with Gasteiger partial charge in [-0.2, -0.15) is 4.98 Å². The van der Waals surface area contributed by atoms with Crippen molar-refractivity contribution in [3.05, 3.63) is 10.6 Å². The third kappa shape index (κ3) is 1.84. The summed E-state index contributed by atoms with van der Waals surface area (Å²) >= 11 is 3.11. The van der Waals surface area contributed by atoms with Crippen molar-refractivity contribution in [2.24, 2.45) is 5.92 Å². The monoisotopic (exact) mass is 232 g/mol. The van der Waals surface area contributed by atoms with Gasteiger partial charge < -0.3 is 9.26 Å². The van der Waals surface area contributed by atoms with Gasteiger partial charge in [-0.15, -0.1) is 0 Å². The molecule has 0 radical (unpaired) electrons. The second-order valence-electron chi connectivity index (χ2n) is 2.90. The van der Waals surface area contributed by atoms with Crippen molar-refractivity contribution in [3.63, 3.8) is 0 Å². The molecular weight excluding hydrogens is 224 g/mol. The summed E-state index contributed by atoms with van der Waals surface area (Å²) in [6.07, 6.45) is 1.96. The van der Waals surface area contributed by atoms with Crippen LogP contribution in [0.4, 0.5) is 0 Å². The van der Waals surface area contributed by atoms with Crippen LogP contribution in [0.15, 0.2) is 9.32 Å². The van der Waals surface area contributed by atoms with Crippen molar-refractivity contribution in [2.75, 3.05) is 13.2 Å². The summed E-state index contributed by atoms with van der Waals surface area (Å²) in [5, 5.41) is 3.79.